The van der Waals surface area contributed by atoms with Crippen molar-refractivity contribution >= 4 is 17.0 Å². The first-order valence-electron chi connectivity index (χ1n) is 6.21. The Kier molecular flexibility index (Phi) is 3.42. The van der Waals surface area contributed by atoms with Gasteiger partial charge in [0.15, 0.2) is 5.65 Å². The maximum atomic E-state index is 11.2. The molecule has 19 heavy (non-hydrogen) atoms. The van der Waals surface area contributed by atoms with Gasteiger partial charge in [0.05, 0.1) is 17.7 Å². The first-order valence-corrected chi connectivity index (χ1v) is 6.21. The summed E-state index contributed by atoms with van der Waals surface area (Å²) in [6.07, 6.45) is 1.33. The number of rotatable bonds is 4. The van der Waals surface area contributed by atoms with Crippen LogP contribution in [0.15, 0.2) is 6.20 Å². The van der Waals surface area contributed by atoms with Crippen LogP contribution in [0.25, 0.3) is 11.0 Å². The number of aryl methyl sites for hydroxylation is 1. The summed E-state index contributed by atoms with van der Waals surface area (Å²) in [6, 6.07) is 0.147. The van der Waals surface area contributed by atoms with Gasteiger partial charge in [-0.2, -0.15) is 5.10 Å². The predicted octanol–water partition coefficient (Wildman–Crippen LogP) is 2.42. The number of hydrogen-bond acceptors (Lipinski definition) is 4. The van der Waals surface area contributed by atoms with Crippen molar-refractivity contribution in [1.82, 2.24) is 14.8 Å². The Balaban J connectivity index is 2.81. The summed E-state index contributed by atoms with van der Waals surface area (Å²) in [5, 5.41) is 14.3. The van der Waals surface area contributed by atoms with Gasteiger partial charge in [-0.1, -0.05) is 0 Å². The zero-order valence-corrected chi connectivity index (χ0v) is 11.5. The van der Waals surface area contributed by atoms with Crippen LogP contribution >= 0.6 is 0 Å². The third-order valence-corrected chi connectivity index (χ3v) is 2.86. The smallest absolute Gasteiger partial charge is 0.341 e. The van der Waals surface area contributed by atoms with Crippen LogP contribution in [-0.4, -0.2) is 32.4 Å². The molecule has 2 rings (SSSR count). The van der Waals surface area contributed by atoms with Gasteiger partial charge in [-0.3, -0.25) is 0 Å². The molecule has 0 radical (unpaired) electrons. The van der Waals surface area contributed by atoms with Crippen molar-refractivity contribution in [1.29, 1.82) is 0 Å². The molecule has 0 unspecified atom stereocenters. The quantitative estimate of drug-likeness (QED) is 0.916. The topological polar surface area (TPSA) is 77.2 Å². The Morgan fingerprint density at radius 3 is 2.74 bits per heavy atom. The van der Waals surface area contributed by atoms with Gasteiger partial charge in [-0.25, -0.2) is 14.5 Å². The second kappa shape index (κ2) is 4.87. The Labute approximate surface area is 111 Å². The Bertz CT molecular complexity index is 632. The van der Waals surface area contributed by atoms with Crippen LogP contribution in [0.5, 0.6) is 5.75 Å². The second-order valence-electron chi connectivity index (χ2n) is 4.56. The van der Waals surface area contributed by atoms with Crippen molar-refractivity contribution < 1.29 is 14.6 Å². The number of nitrogens with zero attached hydrogens (tertiary/aromatic N) is 3. The minimum absolute atomic E-state index is 0.0701. The van der Waals surface area contributed by atoms with Crippen molar-refractivity contribution in [3.63, 3.8) is 0 Å². The third-order valence-electron chi connectivity index (χ3n) is 2.86. The molecule has 6 nitrogen and oxygen atoms in total. The van der Waals surface area contributed by atoms with E-state index in [0.29, 0.717) is 23.4 Å². The maximum Gasteiger partial charge on any atom is 0.341 e. The molecule has 0 aliphatic heterocycles. The lowest BCUT2D eigenvalue weighted by Gasteiger charge is -2.10. The number of hydrogen-bond donors (Lipinski definition) is 1. The molecule has 2 aromatic heterocycles. The normalized spacial score (nSPS) is 11.2. The van der Waals surface area contributed by atoms with Gasteiger partial charge in [0.2, 0.25) is 0 Å². The summed E-state index contributed by atoms with van der Waals surface area (Å²) >= 11 is 0. The SMILES string of the molecule is CCOc1c(C(=O)O)cnc2c1c(C)nn2C(C)C. The van der Waals surface area contributed by atoms with E-state index in [4.69, 9.17) is 4.74 Å². The van der Waals surface area contributed by atoms with E-state index >= 15 is 0 Å². The number of carboxylic acid groups (broad SMARTS) is 1. The molecule has 0 amide bonds. The molecule has 0 fully saturated rings. The van der Waals surface area contributed by atoms with Gasteiger partial charge in [0.25, 0.3) is 0 Å². The standard InChI is InChI=1S/C13H17N3O3/c1-5-19-11-9(13(17)18)6-14-12-10(11)8(4)15-16(12)7(2)3/h6-7H,5H2,1-4H3,(H,17,18). The highest BCUT2D eigenvalue weighted by Gasteiger charge is 2.21. The molecule has 0 aliphatic rings. The third kappa shape index (κ3) is 2.14. The van der Waals surface area contributed by atoms with Crippen molar-refractivity contribution in [3.8, 4) is 5.75 Å². The van der Waals surface area contributed by atoms with E-state index in [9.17, 15) is 9.90 Å². The first kappa shape index (κ1) is 13.3. The van der Waals surface area contributed by atoms with E-state index in [-0.39, 0.29) is 11.6 Å². The van der Waals surface area contributed by atoms with Crippen LogP contribution < -0.4 is 4.74 Å². The van der Waals surface area contributed by atoms with Crippen molar-refractivity contribution in [2.75, 3.05) is 6.61 Å². The molecular weight excluding hydrogens is 246 g/mol. The van der Waals surface area contributed by atoms with E-state index < -0.39 is 5.97 Å². The largest absolute Gasteiger partial charge is 0.492 e. The average Bonchev–Trinajstić information content (AvgIpc) is 2.68. The average molecular weight is 263 g/mol. The van der Waals surface area contributed by atoms with E-state index in [1.807, 2.05) is 27.7 Å². The van der Waals surface area contributed by atoms with E-state index in [0.717, 1.165) is 5.69 Å². The highest BCUT2D eigenvalue weighted by molar-refractivity contribution is 5.98. The van der Waals surface area contributed by atoms with Gasteiger partial charge in [0.1, 0.15) is 11.3 Å². The number of carboxylic acids is 1. The van der Waals surface area contributed by atoms with Crippen LogP contribution in [0, 0.1) is 6.92 Å². The lowest BCUT2D eigenvalue weighted by atomic mass is 10.1. The van der Waals surface area contributed by atoms with E-state index in [2.05, 4.69) is 10.1 Å². The molecule has 0 spiro atoms. The van der Waals surface area contributed by atoms with Gasteiger partial charge < -0.3 is 9.84 Å². The summed E-state index contributed by atoms with van der Waals surface area (Å²) in [5.41, 5.74) is 1.45. The number of ether oxygens (including phenoxy) is 1. The Morgan fingerprint density at radius 2 is 2.21 bits per heavy atom. The number of fused-ring (bicyclic) bond motifs is 1. The zero-order valence-electron chi connectivity index (χ0n) is 11.5. The highest BCUT2D eigenvalue weighted by Crippen LogP contribution is 2.32. The fraction of sp³-hybridized carbons (Fsp3) is 0.462. The number of pyridine rings is 1. The number of carbonyl (C=O) groups is 1. The van der Waals surface area contributed by atoms with Crippen LogP contribution in [0.2, 0.25) is 0 Å². The Hall–Kier alpha value is -2.11. The summed E-state index contributed by atoms with van der Waals surface area (Å²) < 4.78 is 7.29. The van der Waals surface area contributed by atoms with Crippen molar-refractivity contribution in [2.45, 2.75) is 33.7 Å². The molecule has 0 atom stereocenters. The summed E-state index contributed by atoms with van der Waals surface area (Å²) in [7, 11) is 0. The molecule has 0 aromatic carbocycles. The van der Waals surface area contributed by atoms with Gasteiger partial charge in [-0.05, 0) is 27.7 Å². The Morgan fingerprint density at radius 1 is 1.53 bits per heavy atom. The molecule has 102 valence electrons. The molecule has 2 heterocycles. The lowest BCUT2D eigenvalue weighted by Crippen LogP contribution is -2.07. The van der Waals surface area contributed by atoms with Crippen LogP contribution in [0.1, 0.15) is 42.9 Å². The fourth-order valence-corrected chi connectivity index (χ4v) is 2.05. The molecule has 2 aromatic rings. The molecule has 0 saturated heterocycles. The molecule has 0 bridgehead atoms. The van der Waals surface area contributed by atoms with Crippen molar-refractivity contribution in [3.05, 3.63) is 17.5 Å². The number of aromatic carboxylic acids is 1. The maximum absolute atomic E-state index is 11.2. The van der Waals surface area contributed by atoms with Gasteiger partial charge in [0, 0.05) is 12.2 Å². The van der Waals surface area contributed by atoms with Crippen LogP contribution in [-0.2, 0) is 0 Å². The first-order chi connectivity index (χ1) is 8.97. The van der Waals surface area contributed by atoms with Crippen molar-refractivity contribution in [2.24, 2.45) is 0 Å². The summed E-state index contributed by atoms with van der Waals surface area (Å²) in [5.74, 6) is -0.695. The molecule has 1 N–H and O–H groups in total. The highest BCUT2D eigenvalue weighted by atomic mass is 16.5. The fourth-order valence-electron chi connectivity index (χ4n) is 2.05. The predicted molar refractivity (Wildman–Crippen MR) is 70.8 cm³/mol. The van der Waals surface area contributed by atoms with Crippen LogP contribution in [0.4, 0.5) is 0 Å². The summed E-state index contributed by atoms with van der Waals surface area (Å²) in [4.78, 5) is 15.5. The molecule has 6 heteroatoms. The number of aromatic nitrogens is 3. The monoisotopic (exact) mass is 263 g/mol. The zero-order chi connectivity index (χ0) is 14.2. The van der Waals surface area contributed by atoms with E-state index in [1.165, 1.54) is 6.20 Å². The minimum Gasteiger partial charge on any atom is -0.492 e. The lowest BCUT2D eigenvalue weighted by molar-refractivity contribution is 0.0692. The summed E-state index contributed by atoms with van der Waals surface area (Å²) in [6.45, 7) is 8.04. The second-order valence-corrected chi connectivity index (χ2v) is 4.56. The van der Waals surface area contributed by atoms with Gasteiger partial charge >= 0.3 is 5.97 Å². The van der Waals surface area contributed by atoms with Gasteiger partial charge in [-0.15, -0.1) is 0 Å². The van der Waals surface area contributed by atoms with E-state index in [1.54, 1.807) is 4.68 Å². The molecule has 0 saturated carbocycles. The van der Waals surface area contributed by atoms with Crippen LogP contribution in [0.3, 0.4) is 0 Å². The minimum atomic E-state index is -1.05. The molecular formula is C13H17N3O3. The molecule has 0 aliphatic carbocycles.